The molecular weight excluding hydrogens is 288 g/mol. The fourth-order valence-corrected chi connectivity index (χ4v) is 2.93. The van der Waals surface area contributed by atoms with Crippen LogP contribution >= 0.6 is 0 Å². The maximum Gasteiger partial charge on any atom is 0.348 e. The molecule has 0 N–H and O–H groups in total. The van der Waals surface area contributed by atoms with Crippen molar-refractivity contribution in [3.05, 3.63) is 59.0 Å². The normalized spacial score (nSPS) is 14.1. The number of methoxy groups -OCH3 is 1. The third-order valence-electron chi connectivity index (χ3n) is 4.37. The van der Waals surface area contributed by atoms with E-state index in [1.807, 2.05) is 48.5 Å². The number of aromatic nitrogens is 2. The van der Waals surface area contributed by atoms with Crippen LogP contribution in [0.15, 0.2) is 53.3 Å². The number of hydrogen-bond acceptors (Lipinski definition) is 3. The Balaban J connectivity index is 2.00. The Labute approximate surface area is 134 Å². The van der Waals surface area contributed by atoms with Crippen LogP contribution in [0, 0.1) is 5.92 Å². The first-order valence-corrected chi connectivity index (χ1v) is 7.90. The second-order valence-corrected chi connectivity index (χ2v) is 6.05. The van der Waals surface area contributed by atoms with Crippen molar-refractivity contribution in [3.63, 3.8) is 0 Å². The second-order valence-electron chi connectivity index (χ2n) is 6.05. The van der Waals surface area contributed by atoms with Crippen molar-refractivity contribution in [2.75, 3.05) is 7.11 Å². The molecule has 0 radical (unpaired) electrons. The molecule has 3 aromatic rings. The van der Waals surface area contributed by atoms with Gasteiger partial charge in [0.15, 0.2) is 0 Å². The zero-order valence-corrected chi connectivity index (χ0v) is 13.0. The summed E-state index contributed by atoms with van der Waals surface area (Å²) in [6, 6.07) is 15.7. The third kappa shape index (κ3) is 2.61. The largest absolute Gasteiger partial charge is 0.497 e. The van der Waals surface area contributed by atoms with Gasteiger partial charge in [-0.1, -0.05) is 30.3 Å². The SMILES string of the molecule is COc1ccc2c(-c3ccccc3)nc(=O)n(CC3CC3)c2c1. The summed E-state index contributed by atoms with van der Waals surface area (Å²) in [6.07, 6.45) is 2.39. The Bertz CT molecular complexity index is 912. The van der Waals surface area contributed by atoms with E-state index in [1.54, 1.807) is 11.7 Å². The highest BCUT2D eigenvalue weighted by atomic mass is 16.5. The van der Waals surface area contributed by atoms with Gasteiger partial charge in [0.05, 0.1) is 18.3 Å². The minimum atomic E-state index is -0.184. The second kappa shape index (κ2) is 5.54. The maximum atomic E-state index is 12.6. The Morgan fingerprint density at radius 3 is 2.65 bits per heavy atom. The van der Waals surface area contributed by atoms with Crippen LogP contribution in [-0.4, -0.2) is 16.7 Å². The highest BCUT2D eigenvalue weighted by molar-refractivity contribution is 5.93. The Morgan fingerprint density at radius 2 is 1.96 bits per heavy atom. The van der Waals surface area contributed by atoms with E-state index in [0.717, 1.165) is 34.5 Å². The van der Waals surface area contributed by atoms with Gasteiger partial charge in [-0.25, -0.2) is 4.79 Å². The summed E-state index contributed by atoms with van der Waals surface area (Å²) in [7, 11) is 1.64. The van der Waals surface area contributed by atoms with E-state index in [-0.39, 0.29) is 5.69 Å². The summed E-state index contributed by atoms with van der Waals surface area (Å²) in [5, 5.41) is 0.984. The average molecular weight is 306 g/mol. The summed E-state index contributed by atoms with van der Waals surface area (Å²) in [5.74, 6) is 1.36. The van der Waals surface area contributed by atoms with Gasteiger partial charge in [-0.15, -0.1) is 0 Å². The van der Waals surface area contributed by atoms with Crippen LogP contribution < -0.4 is 10.4 Å². The summed E-state index contributed by atoms with van der Waals surface area (Å²) in [4.78, 5) is 17.0. The van der Waals surface area contributed by atoms with Gasteiger partial charge < -0.3 is 4.74 Å². The Kier molecular flexibility index (Phi) is 3.37. The van der Waals surface area contributed by atoms with Gasteiger partial charge in [-0.3, -0.25) is 4.57 Å². The number of fused-ring (bicyclic) bond motifs is 1. The maximum absolute atomic E-state index is 12.6. The number of rotatable bonds is 4. The Hall–Kier alpha value is -2.62. The van der Waals surface area contributed by atoms with Crippen molar-refractivity contribution >= 4 is 10.9 Å². The quantitative estimate of drug-likeness (QED) is 0.741. The molecule has 1 aliphatic rings. The molecule has 116 valence electrons. The molecule has 4 heteroatoms. The molecule has 1 heterocycles. The number of hydrogen-bond donors (Lipinski definition) is 0. The van der Waals surface area contributed by atoms with E-state index in [4.69, 9.17) is 4.74 Å². The lowest BCUT2D eigenvalue weighted by Gasteiger charge is -2.13. The van der Waals surface area contributed by atoms with Gasteiger partial charge in [-0.2, -0.15) is 4.98 Å². The van der Waals surface area contributed by atoms with Gasteiger partial charge in [0.1, 0.15) is 5.75 Å². The molecule has 1 aromatic heterocycles. The predicted molar refractivity (Wildman–Crippen MR) is 90.7 cm³/mol. The molecule has 0 spiro atoms. The van der Waals surface area contributed by atoms with Gasteiger partial charge in [0.25, 0.3) is 0 Å². The molecule has 0 aliphatic heterocycles. The molecule has 2 aromatic carbocycles. The number of ether oxygens (including phenoxy) is 1. The molecule has 1 aliphatic carbocycles. The van der Waals surface area contributed by atoms with Gasteiger partial charge in [0.2, 0.25) is 0 Å². The average Bonchev–Trinajstić information content (AvgIpc) is 3.41. The van der Waals surface area contributed by atoms with Crippen LogP contribution in [0.2, 0.25) is 0 Å². The zero-order chi connectivity index (χ0) is 15.8. The standard InChI is InChI=1S/C19H18N2O2/c1-23-15-9-10-16-17(11-15)21(12-13-7-8-13)19(22)20-18(16)14-5-3-2-4-6-14/h2-6,9-11,13H,7-8,12H2,1H3. The van der Waals surface area contributed by atoms with Crippen molar-refractivity contribution in [2.24, 2.45) is 5.92 Å². The van der Waals surface area contributed by atoms with Crippen molar-refractivity contribution < 1.29 is 4.74 Å². The van der Waals surface area contributed by atoms with Crippen LogP contribution in [0.1, 0.15) is 12.8 Å². The minimum Gasteiger partial charge on any atom is -0.497 e. The van der Waals surface area contributed by atoms with Crippen LogP contribution in [0.3, 0.4) is 0 Å². The summed E-state index contributed by atoms with van der Waals surface area (Å²) < 4.78 is 7.14. The van der Waals surface area contributed by atoms with Crippen LogP contribution in [0.4, 0.5) is 0 Å². The van der Waals surface area contributed by atoms with E-state index < -0.39 is 0 Å². The highest BCUT2D eigenvalue weighted by Crippen LogP contribution is 2.33. The molecular formula is C19H18N2O2. The zero-order valence-electron chi connectivity index (χ0n) is 13.0. The van der Waals surface area contributed by atoms with E-state index in [1.165, 1.54) is 12.8 Å². The molecule has 0 bridgehead atoms. The summed E-state index contributed by atoms with van der Waals surface area (Å²) >= 11 is 0. The lowest BCUT2D eigenvalue weighted by molar-refractivity contribution is 0.415. The van der Waals surface area contributed by atoms with E-state index >= 15 is 0 Å². The molecule has 23 heavy (non-hydrogen) atoms. The van der Waals surface area contributed by atoms with Gasteiger partial charge in [0, 0.05) is 23.6 Å². The molecule has 0 unspecified atom stereocenters. The van der Waals surface area contributed by atoms with Crippen LogP contribution in [0.5, 0.6) is 5.75 Å². The molecule has 4 nitrogen and oxygen atoms in total. The molecule has 0 saturated heterocycles. The molecule has 1 saturated carbocycles. The van der Waals surface area contributed by atoms with Gasteiger partial charge >= 0.3 is 5.69 Å². The van der Waals surface area contributed by atoms with E-state index in [2.05, 4.69) is 4.98 Å². The fraction of sp³-hybridized carbons (Fsp3) is 0.263. The van der Waals surface area contributed by atoms with Gasteiger partial charge in [-0.05, 0) is 30.9 Å². The molecule has 4 rings (SSSR count). The predicted octanol–water partition coefficient (Wildman–Crippen LogP) is 3.48. The summed E-state index contributed by atoms with van der Waals surface area (Å²) in [6.45, 7) is 0.741. The Morgan fingerprint density at radius 1 is 1.17 bits per heavy atom. The van der Waals surface area contributed by atoms with Crippen molar-refractivity contribution in [2.45, 2.75) is 19.4 Å². The third-order valence-corrected chi connectivity index (χ3v) is 4.37. The van der Waals surface area contributed by atoms with Crippen molar-refractivity contribution in [1.82, 2.24) is 9.55 Å². The molecule has 0 amide bonds. The van der Waals surface area contributed by atoms with Crippen LogP contribution in [0.25, 0.3) is 22.2 Å². The van der Waals surface area contributed by atoms with E-state index in [0.29, 0.717) is 5.92 Å². The topological polar surface area (TPSA) is 44.1 Å². The first-order valence-electron chi connectivity index (χ1n) is 7.90. The first kappa shape index (κ1) is 14.0. The lowest BCUT2D eigenvalue weighted by atomic mass is 10.1. The van der Waals surface area contributed by atoms with Crippen molar-refractivity contribution in [1.29, 1.82) is 0 Å². The summed E-state index contributed by atoms with van der Waals surface area (Å²) in [5.41, 5.74) is 2.41. The monoisotopic (exact) mass is 306 g/mol. The van der Waals surface area contributed by atoms with E-state index in [9.17, 15) is 4.79 Å². The number of nitrogens with zero attached hydrogens (tertiary/aromatic N) is 2. The molecule has 1 fully saturated rings. The molecule has 0 atom stereocenters. The highest BCUT2D eigenvalue weighted by Gasteiger charge is 2.24. The lowest BCUT2D eigenvalue weighted by Crippen LogP contribution is -2.25. The fourth-order valence-electron chi connectivity index (χ4n) is 2.93. The number of benzene rings is 2. The van der Waals surface area contributed by atoms with Crippen LogP contribution in [-0.2, 0) is 6.54 Å². The first-order chi connectivity index (χ1) is 11.3. The van der Waals surface area contributed by atoms with Crippen molar-refractivity contribution in [3.8, 4) is 17.0 Å². The minimum absolute atomic E-state index is 0.184. The smallest absolute Gasteiger partial charge is 0.348 e.